The van der Waals surface area contributed by atoms with E-state index in [2.05, 4.69) is 10.5 Å². The van der Waals surface area contributed by atoms with Crippen LogP contribution in [0.2, 0.25) is 10.0 Å². The number of piperidine rings is 1. The highest BCUT2D eigenvalue weighted by Gasteiger charge is 2.64. The van der Waals surface area contributed by atoms with Crippen LogP contribution in [0.4, 0.5) is 10.5 Å². The van der Waals surface area contributed by atoms with E-state index in [1.807, 2.05) is 47.4 Å². The number of carbonyl (C=O) groups is 2. The van der Waals surface area contributed by atoms with Gasteiger partial charge in [-0.1, -0.05) is 64.8 Å². The molecule has 8 rings (SSSR count). The molecule has 4 aromatic rings. The van der Waals surface area contributed by atoms with Crippen LogP contribution in [-0.2, 0) is 16.1 Å². The molecule has 0 radical (unpaired) electrons. The van der Waals surface area contributed by atoms with Crippen molar-refractivity contribution in [1.29, 1.82) is 0 Å². The molecular formula is C36H33Cl2N3O5. The first-order valence-electron chi connectivity index (χ1n) is 15.8. The fourth-order valence-corrected chi connectivity index (χ4v) is 8.31. The van der Waals surface area contributed by atoms with Crippen LogP contribution in [-0.4, -0.2) is 47.4 Å². The minimum absolute atomic E-state index is 0.0612. The molecular weight excluding hydrogens is 625 g/mol. The van der Waals surface area contributed by atoms with E-state index in [1.165, 1.54) is 7.11 Å². The predicted molar refractivity (Wildman–Crippen MR) is 175 cm³/mol. The largest absolute Gasteiger partial charge is 0.465 e. The van der Waals surface area contributed by atoms with Crippen LogP contribution in [0, 0.1) is 11.8 Å². The third-order valence-corrected chi connectivity index (χ3v) is 10.7. The normalized spacial score (nSPS) is 24.4. The maximum Gasteiger partial charge on any atom is 0.338 e. The van der Waals surface area contributed by atoms with Gasteiger partial charge in [0.05, 0.1) is 35.4 Å². The highest BCUT2D eigenvalue weighted by atomic mass is 35.5. The molecule has 4 aliphatic rings. The van der Waals surface area contributed by atoms with Gasteiger partial charge in [0, 0.05) is 40.7 Å². The number of carbonyl (C=O) groups excluding carboxylic acids is 2. The summed E-state index contributed by atoms with van der Waals surface area (Å²) in [6.07, 6.45) is 5.05. The number of fused-ring (bicyclic) bond motifs is 4. The fraction of sp³-hybridized carbons (Fsp3) is 0.361. The molecule has 2 aliphatic carbocycles. The average molecular weight is 659 g/mol. The van der Waals surface area contributed by atoms with Crippen molar-refractivity contribution in [2.45, 2.75) is 62.8 Å². The summed E-state index contributed by atoms with van der Waals surface area (Å²) in [5, 5.41) is 8.59. The number of esters is 1. The summed E-state index contributed by atoms with van der Waals surface area (Å²) < 4.78 is 17.5. The van der Waals surface area contributed by atoms with Crippen molar-refractivity contribution in [2.24, 2.45) is 11.8 Å². The van der Waals surface area contributed by atoms with Gasteiger partial charge >= 0.3 is 12.0 Å². The first kappa shape index (κ1) is 29.5. The van der Waals surface area contributed by atoms with Crippen molar-refractivity contribution in [3.05, 3.63) is 93.7 Å². The van der Waals surface area contributed by atoms with Crippen molar-refractivity contribution in [2.75, 3.05) is 12.4 Å². The van der Waals surface area contributed by atoms with Crippen molar-refractivity contribution >= 4 is 40.9 Å². The summed E-state index contributed by atoms with van der Waals surface area (Å²) in [6, 6.07) is 20.5. The third kappa shape index (κ3) is 5.17. The molecule has 10 heteroatoms. The molecule has 46 heavy (non-hydrogen) atoms. The topological polar surface area (TPSA) is 93.9 Å². The van der Waals surface area contributed by atoms with Crippen LogP contribution >= 0.6 is 23.2 Å². The van der Waals surface area contributed by atoms with Gasteiger partial charge in [0.15, 0.2) is 0 Å². The van der Waals surface area contributed by atoms with E-state index in [0.717, 1.165) is 49.0 Å². The van der Waals surface area contributed by atoms with Crippen LogP contribution in [0.15, 0.2) is 71.3 Å². The third-order valence-electron chi connectivity index (χ3n) is 10.1. The van der Waals surface area contributed by atoms with E-state index < -0.39 is 5.97 Å². The first-order chi connectivity index (χ1) is 22.4. The summed E-state index contributed by atoms with van der Waals surface area (Å²) >= 11 is 13.1. The predicted octanol–water partition coefficient (Wildman–Crippen LogP) is 8.58. The summed E-state index contributed by atoms with van der Waals surface area (Å²) in [6.45, 7) is 0.363. The molecule has 4 fully saturated rings. The molecule has 2 bridgehead atoms. The molecule has 8 nitrogen and oxygen atoms in total. The SMILES string of the molecule is COC(=O)c1ccc(NC(=O)N2C3CCC2C2C(C3)[C@@H]2OCc2c(-c3c(Cl)cccc3Cl)noc2C2CC2)cc1-c1ccccc1. The second-order valence-electron chi connectivity index (χ2n) is 12.8. The van der Waals surface area contributed by atoms with Crippen LogP contribution in [0.5, 0.6) is 0 Å². The monoisotopic (exact) mass is 657 g/mol. The number of anilines is 1. The first-order valence-corrected chi connectivity index (χ1v) is 16.6. The fourth-order valence-electron chi connectivity index (χ4n) is 7.73. The Morgan fingerprint density at radius 2 is 1.78 bits per heavy atom. The minimum Gasteiger partial charge on any atom is -0.465 e. The molecule has 2 aliphatic heterocycles. The average Bonchev–Trinajstić information content (AvgIpc) is 3.96. The van der Waals surface area contributed by atoms with E-state index in [1.54, 1.807) is 24.3 Å². The zero-order valence-corrected chi connectivity index (χ0v) is 26.8. The molecule has 0 spiro atoms. The highest BCUT2D eigenvalue weighted by molar-refractivity contribution is 6.39. The smallest absolute Gasteiger partial charge is 0.338 e. The number of ether oxygens (including phenoxy) is 2. The Kier molecular flexibility index (Phi) is 7.54. The lowest BCUT2D eigenvalue weighted by Crippen LogP contribution is -2.47. The molecule has 3 heterocycles. The van der Waals surface area contributed by atoms with Crippen LogP contribution in [0.1, 0.15) is 59.7 Å². The van der Waals surface area contributed by atoms with Gasteiger partial charge < -0.3 is 24.2 Å². The lowest BCUT2D eigenvalue weighted by atomic mass is 9.99. The van der Waals surface area contributed by atoms with E-state index in [-0.39, 0.29) is 30.1 Å². The summed E-state index contributed by atoms with van der Waals surface area (Å²) in [4.78, 5) is 28.3. The molecule has 3 aromatic carbocycles. The lowest BCUT2D eigenvalue weighted by molar-refractivity contribution is 0.0601. The van der Waals surface area contributed by atoms with Gasteiger partial charge in [-0.15, -0.1) is 0 Å². The Labute approximate surface area is 276 Å². The van der Waals surface area contributed by atoms with Crippen LogP contribution < -0.4 is 5.32 Å². The van der Waals surface area contributed by atoms with Crippen molar-refractivity contribution in [3.63, 3.8) is 0 Å². The van der Waals surface area contributed by atoms with Gasteiger partial charge in [0.25, 0.3) is 0 Å². The van der Waals surface area contributed by atoms with Gasteiger partial charge in [-0.25, -0.2) is 9.59 Å². The number of halogens is 2. The number of methoxy groups -OCH3 is 1. The van der Waals surface area contributed by atoms with E-state index in [9.17, 15) is 9.59 Å². The summed E-state index contributed by atoms with van der Waals surface area (Å²) in [7, 11) is 1.37. The summed E-state index contributed by atoms with van der Waals surface area (Å²) in [5.41, 5.74) is 4.90. The minimum atomic E-state index is -0.422. The second-order valence-corrected chi connectivity index (χ2v) is 13.6. The van der Waals surface area contributed by atoms with Gasteiger partial charge in [-0.05, 0) is 79.5 Å². The number of nitrogens with zero attached hydrogens (tertiary/aromatic N) is 2. The number of amides is 2. The Balaban J connectivity index is 0.987. The molecule has 4 unspecified atom stereocenters. The second kappa shape index (κ2) is 11.7. The van der Waals surface area contributed by atoms with E-state index in [4.69, 9.17) is 37.2 Å². The number of hydrogen-bond acceptors (Lipinski definition) is 6. The van der Waals surface area contributed by atoms with Gasteiger partial charge in [-0.3, -0.25) is 0 Å². The lowest BCUT2D eigenvalue weighted by Gasteiger charge is -2.34. The number of rotatable bonds is 8. The zero-order chi connectivity index (χ0) is 31.5. The molecule has 2 amide bonds. The molecule has 5 atom stereocenters. The molecule has 236 valence electrons. The number of benzene rings is 3. The quantitative estimate of drug-likeness (QED) is 0.191. The van der Waals surface area contributed by atoms with E-state index >= 15 is 0 Å². The van der Waals surface area contributed by atoms with Crippen molar-refractivity contribution < 1.29 is 23.6 Å². The number of urea groups is 1. The number of nitrogens with one attached hydrogen (secondary N) is 1. The Morgan fingerprint density at radius 1 is 1.00 bits per heavy atom. The zero-order valence-electron chi connectivity index (χ0n) is 25.2. The molecule has 2 saturated heterocycles. The van der Waals surface area contributed by atoms with Crippen LogP contribution in [0.3, 0.4) is 0 Å². The summed E-state index contributed by atoms with van der Waals surface area (Å²) in [5.74, 6) is 1.49. The van der Waals surface area contributed by atoms with Crippen molar-refractivity contribution in [1.82, 2.24) is 10.1 Å². The maximum absolute atomic E-state index is 13.8. The number of aromatic nitrogens is 1. The van der Waals surface area contributed by atoms with Gasteiger partial charge in [0.2, 0.25) is 0 Å². The molecule has 2 saturated carbocycles. The Bertz CT molecular complexity index is 1800. The Morgan fingerprint density at radius 3 is 2.52 bits per heavy atom. The van der Waals surface area contributed by atoms with Crippen molar-refractivity contribution in [3.8, 4) is 22.4 Å². The molecule has 1 aromatic heterocycles. The van der Waals surface area contributed by atoms with Crippen LogP contribution in [0.25, 0.3) is 22.4 Å². The molecule has 1 N–H and O–H groups in total. The van der Waals surface area contributed by atoms with E-state index in [0.29, 0.717) is 56.6 Å². The van der Waals surface area contributed by atoms with Gasteiger partial charge in [-0.2, -0.15) is 0 Å². The highest BCUT2D eigenvalue weighted by Crippen LogP contribution is 2.58. The van der Waals surface area contributed by atoms with Gasteiger partial charge in [0.1, 0.15) is 11.5 Å². The standard InChI is InChI=1S/C36H33Cl2N3O5/c1-44-35(42)23-14-12-21(16-24(23)19-6-3-2-4-7-19)39-36(43)41-22-13-15-29(41)30-25(17-22)34(30)45-18-26-32(40-46-33(26)20-10-11-20)31-27(37)8-5-9-28(31)38/h2-9,12,14,16,20,22,25,29-30,34H,10-11,13,15,17-18H2,1H3,(H,39,43)/t22?,25?,29?,30?,34-/m0/s1. The number of hydrogen-bond donors (Lipinski definition) is 1. The Hall–Kier alpha value is -3.85. The maximum atomic E-state index is 13.8.